The maximum Gasteiger partial charge on any atom is 0.335 e. The molecule has 1 aromatic carbocycles. The van der Waals surface area contributed by atoms with Gasteiger partial charge in [-0.25, -0.2) is 4.79 Å². The molecule has 25 heavy (non-hydrogen) atoms. The van der Waals surface area contributed by atoms with Gasteiger partial charge >= 0.3 is 5.97 Å². The normalized spacial score (nSPS) is 18.4. The largest absolute Gasteiger partial charge is 0.478 e. The van der Waals surface area contributed by atoms with Crippen molar-refractivity contribution in [1.82, 2.24) is 0 Å². The maximum absolute atomic E-state index is 10.2. The molecule has 1 saturated heterocycles. The molecule has 1 aliphatic rings. The zero-order valence-electron chi connectivity index (χ0n) is 14.9. The first kappa shape index (κ1) is 19.2. The number of aromatic carboxylic acids is 1. The number of aliphatic hydroxyl groups is 1. The minimum absolute atomic E-state index is 0.112. The number of carbonyl (C=O) groups is 1. The van der Waals surface area contributed by atoms with Crippen LogP contribution in [-0.2, 0) is 16.1 Å². The van der Waals surface area contributed by atoms with Crippen LogP contribution in [-0.4, -0.2) is 27.4 Å². The summed E-state index contributed by atoms with van der Waals surface area (Å²) in [5, 5.41) is 17.3. The fourth-order valence-electron chi connectivity index (χ4n) is 2.15. The fraction of sp³-hybridized carbons (Fsp3) is 0.421. The Bertz CT molecular complexity index is 686. The smallest absolute Gasteiger partial charge is 0.335 e. The topological polar surface area (TPSA) is 89.1 Å². The number of hydrogen-bond donors (Lipinski definition) is 2. The van der Waals surface area contributed by atoms with E-state index in [1.807, 2.05) is 27.7 Å². The molecule has 6 nitrogen and oxygen atoms in total. The van der Waals surface area contributed by atoms with Crippen LogP contribution in [0.1, 0.15) is 55.9 Å². The van der Waals surface area contributed by atoms with E-state index in [1.165, 1.54) is 0 Å². The predicted octanol–water partition coefficient (Wildman–Crippen LogP) is 3.76. The molecular weight excluding hydrogens is 324 g/mol. The molecule has 0 bridgehead atoms. The molecule has 0 aliphatic carbocycles. The number of hydrogen-bond acceptors (Lipinski definition) is 5. The summed E-state index contributed by atoms with van der Waals surface area (Å²) in [7, 11) is 0. The van der Waals surface area contributed by atoms with Crippen molar-refractivity contribution in [3.8, 4) is 0 Å². The minimum atomic E-state index is -0.879. The van der Waals surface area contributed by atoms with Crippen molar-refractivity contribution in [3.63, 3.8) is 0 Å². The van der Waals surface area contributed by atoms with Crippen LogP contribution in [0.2, 0.25) is 0 Å². The molecule has 136 valence electrons. The summed E-state index contributed by atoms with van der Waals surface area (Å²) >= 11 is 0. The molecule has 2 heterocycles. The summed E-state index contributed by atoms with van der Waals surface area (Å²) in [6.45, 7) is 7.84. The van der Waals surface area contributed by atoms with Crippen LogP contribution in [0.25, 0.3) is 0 Å². The van der Waals surface area contributed by atoms with E-state index >= 15 is 0 Å². The first-order valence-electron chi connectivity index (χ1n) is 8.00. The lowest BCUT2D eigenvalue weighted by Gasteiger charge is -2.30. The number of rotatable bonds is 3. The third-order valence-corrected chi connectivity index (χ3v) is 4.34. The van der Waals surface area contributed by atoms with E-state index in [2.05, 4.69) is 0 Å². The van der Waals surface area contributed by atoms with E-state index in [-0.39, 0.29) is 17.8 Å². The Hall–Kier alpha value is -2.15. The summed E-state index contributed by atoms with van der Waals surface area (Å²) in [5.41, 5.74) is -0.411. The van der Waals surface area contributed by atoms with Gasteiger partial charge in [-0.05, 0) is 52.0 Å². The van der Waals surface area contributed by atoms with E-state index < -0.39 is 12.3 Å². The Morgan fingerprint density at radius 1 is 1.00 bits per heavy atom. The average molecular weight is 348 g/mol. The van der Waals surface area contributed by atoms with Gasteiger partial charge in [0.2, 0.25) is 6.29 Å². The highest BCUT2D eigenvalue weighted by atomic mass is 16.8. The third kappa shape index (κ3) is 4.48. The zero-order valence-corrected chi connectivity index (χ0v) is 14.9. The van der Waals surface area contributed by atoms with Gasteiger partial charge in [0.05, 0.1) is 16.8 Å². The summed E-state index contributed by atoms with van der Waals surface area (Å²) in [6.07, 6.45) is -0.495. The molecule has 1 aromatic heterocycles. The van der Waals surface area contributed by atoms with Gasteiger partial charge in [0, 0.05) is 0 Å². The SMILES string of the molecule is CC1(C)OC(c2ccc(CO)o2)OC1(C)C.O=C(O)c1ccccc1. The lowest BCUT2D eigenvalue weighted by Crippen LogP contribution is -2.41. The Morgan fingerprint density at radius 3 is 1.96 bits per heavy atom. The fourth-order valence-corrected chi connectivity index (χ4v) is 2.15. The first-order valence-corrected chi connectivity index (χ1v) is 8.00. The first-order chi connectivity index (χ1) is 11.7. The van der Waals surface area contributed by atoms with E-state index in [9.17, 15) is 4.79 Å². The van der Waals surface area contributed by atoms with Crippen molar-refractivity contribution in [1.29, 1.82) is 0 Å². The van der Waals surface area contributed by atoms with Crippen LogP contribution in [0.3, 0.4) is 0 Å². The van der Waals surface area contributed by atoms with Gasteiger partial charge in [0.15, 0.2) is 5.76 Å². The second kappa shape index (κ2) is 7.39. The van der Waals surface area contributed by atoms with Crippen molar-refractivity contribution >= 4 is 5.97 Å². The number of carboxylic acid groups (broad SMARTS) is 1. The molecule has 2 aromatic rings. The van der Waals surface area contributed by atoms with Gasteiger partial charge in [0.25, 0.3) is 0 Å². The van der Waals surface area contributed by atoms with Crippen LogP contribution >= 0.6 is 0 Å². The van der Waals surface area contributed by atoms with Crippen LogP contribution in [0.4, 0.5) is 0 Å². The summed E-state index contributed by atoms with van der Waals surface area (Å²) in [6, 6.07) is 11.8. The number of benzene rings is 1. The van der Waals surface area contributed by atoms with Crippen molar-refractivity contribution < 1.29 is 28.9 Å². The Morgan fingerprint density at radius 2 is 1.56 bits per heavy atom. The zero-order chi connectivity index (χ0) is 18.7. The summed E-state index contributed by atoms with van der Waals surface area (Å²) < 4.78 is 17.0. The lowest BCUT2D eigenvalue weighted by molar-refractivity contribution is -0.103. The van der Waals surface area contributed by atoms with E-state index in [0.29, 0.717) is 17.1 Å². The highest BCUT2D eigenvalue weighted by Gasteiger charge is 2.50. The van der Waals surface area contributed by atoms with E-state index in [4.69, 9.17) is 24.1 Å². The number of furan rings is 1. The van der Waals surface area contributed by atoms with Gasteiger partial charge in [0.1, 0.15) is 12.4 Å². The Labute approximate surface area is 147 Å². The van der Waals surface area contributed by atoms with Crippen molar-refractivity contribution in [2.45, 2.75) is 51.8 Å². The molecule has 2 N–H and O–H groups in total. The predicted molar refractivity (Wildman–Crippen MR) is 91.1 cm³/mol. The standard InChI is InChI=1S/C12H18O4.C7H6O2/c1-11(2)12(3,4)16-10(15-11)9-6-5-8(7-13)14-9;8-7(9)6-4-2-1-3-5-6/h5-6,10,13H,7H2,1-4H3;1-5H,(H,8,9). The average Bonchev–Trinajstić information content (AvgIpc) is 3.11. The molecule has 0 radical (unpaired) electrons. The quantitative estimate of drug-likeness (QED) is 0.878. The van der Waals surface area contributed by atoms with Crippen molar-refractivity contribution in [2.24, 2.45) is 0 Å². The van der Waals surface area contributed by atoms with Crippen molar-refractivity contribution in [2.75, 3.05) is 0 Å². The van der Waals surface area contributed by atoms with Crippen LogP contribution < -0.4 is 0 Å². The second-order valence-corrected chi connectivity index (χ2v) is 6.72. The van der Waals surface area contributed by atoms with E-state index in [0.717, 1.165) is 0 Å². The van der Waals surface area contributed by atoms with Gasteiger partial charge in [-0.2, -0.15) is 0 Å². The lowest BCUT2D eigenvalue weighted by atomic mass is 9.90. The van der Waals surface area contributed by atoms with Crippen molar-refractivity contribution in [3.05, 3.63) is 59.5 Å². The molecule has 1 fully saturated rings. The molecule has 3 rings (SSSR count). The Kier molecular flexibility index (Phi) is 5.67. The third-order valence-electron chi connectivity index (χ3n) is 4.34. The molecular formula is C19H24O6. The molecule has 0 unspecified atom stereocenters. The number of aliphatic hydroxyl groups excluding tert-OH is 1. The Balaban J connectivity index is 0.000000212. The van der Waals surface area contributed by atoms with Crippen LogP contribution in [0.5, 0.6) is 0 Å². The second-order valence-electron chi connectivity index (χ2n) is 6.72. The molecule has 0 amide bonds. The van der Waals surface area contributed by atoms with Gasteiger partial charge in [-0.3, -0.25) is 0 Å². The van der Waals surface area contributed by atoms with Gasteiger partial charge < -0.3 is 24.1 Å². The van der Waals surface area contributed by atoms with Crippen LogP contribution in [0.15, 0.2) is 46.9 Å². The van der Waals surface area contributed by atoms with Crippen LogP contribution in [0, 0.1) is 0 Å². The monoisotopic (exact) mass is 348 g/mol. The van der Waals surface area contributed by atoms with Gasteiger partial charge in [-0.15, -0.1) is 0 Å². The molecule has 0 spiro atoms. The number of carboxylic acids is 1. The minimum Gasteiger partial charge on any atom is -0.478 e. The molecule has 1 aliphatic heterocycles. The summed E-state index contributed by atoms with van der Waals surface area (Å²) in [5.74, 6) is 0.239. The molecule has 6 heteroatoms. The highest BCUT2D eigenvalue weighted by Crippen LogP contribution is 2.44. The maximum atomic E-state index is 10.2. The molecule has 0 atom stereocenters. The van der Waals surface area contributed by atoms with E-state index in [1.54, 1.807) is 42.5 Å². The number of ether oxygens (including phenoxy) is 2. The summed E-state index contributed by atoms with van der Waals surface area (Å²) in [4.78, 5) is 10.2. The molecule has 0 saturated carbocycles. The highest BCUT2D eigenvalue weighted by molar-refractivity contribution is 5.87. The van der Waals surface area contributed by atoms with Gasteiger partial charge in [-0.1, -0.05) is 18.2 Å².